The molecule has 3 aromatic rings. The van der Waals surface area contributed by atoms with Crippen LogP contribution in [-0.2, 0) is 0 Å². The monoisotopic (exact) mass is 250 g/mol. The van der Waals surface area contributed by atoms with Crippen LogP contribution in [0.4, 0.5) is 0 Å². The predicted octanol–water partition coefficient (Wildman–Crippen LogP) is 3.84. The second kappa shape index (κ2) is 3.68. The second-order valence-electron chi connectivity index (χ2n) is 4.48. The Morgan fingerprint density at radius 2 is 1.42 bits per heavy atom. The summed E-state index contributed by atoms with van der Waals surface area (Å²) >= 11 is 0. The fraction of sp³-hybridized carbons (Fsp3) is 0.0667. The molecule has 0 radical (unpaired) electrons. The second-order valence-corrected chi connectivity index (χ2v) is 4.48. The fourth-order valence-corrected chi connectivity index (χ4v) is 2.09. The van der Waals surface area contributed by atoms with Crippen LogP contribution < -0.4 is 9.47 Å². The molecule has 2 heterocycles. The highest BCUT2D eigenvalue weighted by Crippen LogP contribution is 2.43. The van der Waals surface area contributed by atoms with Gasteiger partial charge in [0.15, 0.2) is 11.5 Å². The highest BCUT2D eigenvalue weighted by molar-refractivity contribution is 5.76. The first-order chi connectivity index (χ1) is 9.29. The van der Waals surface area contributed by atoms with E-state index in [-0.39, 0.29) is 0 Å². The number of nitrogens with zero attached hydrogens (tertiary/aromatic N) is 2. The van der Waals surface area contributed by atoms with E-state index in [1.54, 1.807) is 0 Å². The summed E-state index contributed by atoms with van der Waals surface area (Å²) < 4.78 is 11.5. The predicted molar refractivity (Wildman–Crippen MR) is 70.9 cm³/mol. The minimum atomic E-state index is 0.412. The summed E-state index contributed by atoms with van der Waals surface area (Å²) in [7, 11) is 0. The van der Waals surface area contributed by atoms with Crippen molar-refractivity contribution in [1.82, 2.24) is 9.97 Å². The Bertz CT molecular complexity index is 799. The number of benzene rings is 2. The lowest BCUT2D eigenvalue weighted by Crippen LogP contribution is -2.03. The van der Waals surface area contributed by atoms with Gasteiger partial charge in [-0.05, 0) is 36.8 Å². The largest absolute Gasteiger partial charge is 0.431 e. The average Bonchev–Trinajstić information content (AvgIpc) is 2.43. The van der Waals surface area contributed by atoms with Crippen LogP contribution >= 0.6 is 0 Å². The lowest BCUT2D eigenvalue weighted by molar-refractivity contribution is 0.338. The third-order valence-electron chi connectivity index (χ3n) is 3.02. The molecule has 0 fully saturated rings. The molecule has 4 rings (SSSR count). The van der Waals surface area contributed by atoms with Gasteiger partial charge in [-0.3, -0.25) is 0 Å². The van der Waals surface area contributed by atoms with Gasteiger partial charge in [0.2, 0.25) is 0 Å². The molecule has 0 bridgehead atoms. The van der Waals surface area contributed by atoms with Gasteiger partial charge >= 0.3 is 0 Å². The molecule has 0 unspecified atom stereocenters. The van der Waals surface area contributed by atoms with Crippen molar-refractivity contribution in [3.8, 4) is 23.3 Å². The van der Waals surface area contributed by atoms with Crippen LogP contribution in [0.3, 0.4) is 0 Å². The smallest absolute Gasteiger partial charge is 0.284 e. The first-order valence-electron chi connectivity index (χ1n) is 6.03. The van der Waals surface area contributed by atoms with Gasteiger partial charge in [0.05, 0.1) is 11.0 Å². The number of aryl methyl sites for hydroxylation is 1. The zero-order chi connectivity index (χ0) is 12.8. The van der Waals surface area contributed by atoms with E-state index in [1.165, 1.54) is 0 Å². The molecule has 1 aromatic heterocycles. The van der Waals surface area contributed by atoms with Crippen molar-refractivity contribution in [3.05, 3.63) is 48.0 Å². The number of aromatic nitrogens is 2. The summed E-state index contributed by atoms with van der Waals surface area (Å²) in [5, 5.41) is 0. The number of rotatable bonds is 0. The first kappa shape index (κ1) is 10.3. The third-order valence-corrected chi connectivity index (χ3v) is 3.02. The van der Waals surface area contributed by atoms with Crippen molar-refractivity contribution in [2.24, 2.45) is 0 Å². The molecule has 0 spiro atoms. The summed E-state index contributed by atoms with van der Waals surface area (Å²) in [6.45, 7) is 2.01. The molecule has 19 heavy (non-hydrogen) atoms. The summed E-state index contributed by atoms with van der Waals surface area (Å²) in [5.41, 5.74) is 2.70. The molecule has 0 N–H and O–H groups in total. The fourth-order valence-electron chi connectivity index (χ4n) is 2.09. The molecule has 0 saturated carbocycles. The van der Waals surface area contributed by atoms with Gasteiger partial charge in [0.1, 0.15) is 0 Å². The van der Waals surface area contributed by atoms with E-state index in [2.05, 4.69) is 9.97 Å². The highest BCUT2D eigenvalue weighted by Gasteiger charge is 2.22. The molecule has 92 valence electrons. The van der Waals surface area contributed by atoms with Crippen molar-refractivity contribution in [2.75, 3.05) is 0 Å². The van der Waals surface area contributed by atoms with E-state index in [9.17, 15) is 0 Å². The Balaban J connectivity index is 1.90. The van der Waals surface area contributed by atoms with Crippen LogP contribution in [-0.4, -0.2) is 9.97 Å². The maximum absolute atomic E-state index is 5.77. The number of hydrogen-bond donors (Lipinski definition) is 0. The Labute approximate surface area is 109 Å². The van der Waals surface area contributed by atoms with E-state index in [0.717, 1.165) is 16.6 Å². The molecule has 0 aliphatic carbocycles. The van der Waals surface area contributed by atoms with Crippen molar-refractivity contribution >= 4 is 11.0 Å². The summed E-state index contributed by atoms with van der Waals surface area (Å²) in [6.07, 6.45) is 0. The van der Waals surface area contributed by atoms with E-state index in [4.69, 9.17) is 9.47 Å². The zero-order valence-electron chi connectivity index (χ0n) is 10.3. The van der Waals surface area contributed by atoms with Crippen LogP contribution in [0.25, 0.3) is 11.0 Å². The van der Waals surface area contributed by atoms with E-state index in [0.29, 0.717) is 23.3 Å². The lowest BCUT2D eigenvalue weighted by atomic mass is 10.2. The lowest BCUT2D eigenvalue weighted by Gasteiger charge is -2.19. The Hall–Kier alpha value is -2.62. The number of hydrogen-bond acceptors (Lipinski definition) is 4. The molecule has 0 amide bonds. The number of para-hydroxylation sites is 2. The summed E-state index contributed by atoms with van der Waals surface area (Å²) in [6, 6.07) is 13.4. The standard InChI is InChI=1S/C15H10N2O2/c1-9-6-7-12-13(8-9)19-15-14(18-12)16-10-4-2-3-5-11(10)17-15/h2-8H,1H3. The van der Waals surface area contributed by atoms with Gasteiger partial charge in [-0.25, -0.2) is 9.97 Å². The van der Waals surface area contributed by atoms with Crippen molar-refractivity contribution in [1.29, 1.82) is 0 Å². The maximum Gasteiger partial charge on any atom is 0.284 e. The van der Waals surface area contributed by atoms with Crippen molar-refractivity contribution < 1.29 is 9.47 Å². The summed E-state index contributed by atoms with van der Waals surface area (Å²) in [5.74, 6) is 2.17. The topological polar surface area (TPSA) is 44.2 Å². The summed E-state index contributed by atoms with van der Waals surface area (Å²) in [4.78, 5) is 8.86. The number of ether oxygens (including phenoxy) is 2. The van der Waals surface area contributed by atoms with Gasteiger partial charge in [-0.15, -0.1) is 0 Å². The molecule has 0 saturated heterocycles. The molecule has 1 aliphatic rings. The number of fused-ring (bicyclic) bond motifs is 3. The third kappa shape index (κ3) is 1.61. The SMILES string of the molecule is Cc1ccc2c(c1)Oc1nc3ccccc3nc1O2. The molecule has 4 nitrogen and oxygen atoms in total. The van der Waals surface area contributed by atoms with Gasteiger partial charge in [0, 0.05) is 0 Å². The highest BCUT2D eigenvalue weighted by atomic mass is 16.6. The first-order valence-corrected chi connectivity index (χ1v) is 6.03. The molecular weight excluding hydrogens is 240 g/mol. The van der Waals surface area contributed by atoms with Crippen LogP contribution in [0.1, 0.15) is 5.56 Å². The zero-order valence-corrected chi connectivity index (χ0v) is 10.3. The average molecular weight is 250 g/mol. The van der Waals surface area contributed by atoms with E-state index < -0.39 is 0 Å². The van der Waals surface area contributed by atoms with Gasteiger partial charge in [0.25, 0.3) is 11.8 Å². The van der Waals surface area contributed by atoms with Gasteiger partial charge in [-0.2, -0.15) is 0 Å². The quantitative estimate of drug-likeness (QED) is 0.475. The Kier molecular flexibility index (Phi) is 2.00. The van der Waals surface area contributed by atoms with Crippen LogP contribution in [0.15, 0.2) is 42.5 Å². The van der Waals surface area contributed by atoms with Crippen molar-refractivity contribution in [3.63, 3.8) is 0 Å². The molecule has 1 aliphatic heterocycles. The molecular formula is C15H10N2O2. The van der Waals surface area contributed by atoms with Crippen molar-refractivity contribution in [2.45, 2.75) is 6.92 Å². The van der Waals surface area contributed by atoms with Gasteiger partial charge in [-0.1, -0.05) is 18.2 Å². The molecule has 2 aromatic carbocycles. The van der Waals surface area contributed by atoms with Crippen LogP contribution in [0.2, 0.25) is 0 Å². The molecule has 0 atom stereocenters. The Morgan fingerprint density at radius 3 is 2.11 bits per heavy atom. The minimum Gasteiger partial charge on any atom is -0.431 e. The minimum absolute atomic E-state index is 0.412. The normalized spacial score (nSPS) is 12.3. The van der Waals surface area contributed by atoms with Crippen LogP contribution in [0, 0.1) is 6.92 Å². The van der Waals surface area contributed by atoms with E-state index >= 15 is 0 Å². The molecule has 4 heteroatoms. The Morgan fingerprint density at radius 1 is 0.789 bits per heavy atom. The van der Waals surface area contributed by atoms with E-state index in [1.807, 2.05) is 49.4 Å². The van der Waals surface area contributed by atoms with Crippen LogP contribution in [0.5, 0.6) is 23.3 Å². The van der Waals surface area contributed by atoms with Gasteiger partial charge < -0.3 is 9.47 Å². The maximum atomic E-state index is 5.77.